The fourth-order valence-electron chi connectivity index (χ4n) is 1.94. The Kier molecular flexibility index (Phi) is 2.64. The second-order valence-electron chi connectivity index (χ2n) is 4.47. The van der Waals surface area contributed by atoms with Gasteiger partial charge in [-0.25, -0.2) is 4.98 Å². The van der Waals surface area contributed by atoms with Crippen molar-refractivity contribution in [1.29, 1.82) is 0 Å². The van der Waals surface area contributed by atoms with Gasteiger partial charge in [-0.3, -0.25) is 9.89 Å². The van der Waals surface area contributed by atoms with E-state index in [9.17, 15) is 4.79 Å². The average molecular weight is 275 g/mol. The number of nitrogens with one attached hydrogen (secondary N) is 2. The molecule has 0 atom stereocenters. The van der Waals surface area contributed by atoms with Crippen molar-refractivity contribution in [2.24, 2.45) is 0 Å². The summed E-state index contributed by atoms with van der Waals surface area (Å²) in [6.45, 7) is 4.00. The first kappa shape index (κ1) is 11.9. The highest BCUT2D eigenvalue weighted by molar-refractivity contribution is 6.29. The number of aromatic nitrogens is 4. The number of aromatic amines is 2. The molecule has 5 nitrogen and oxygen atoms in total. The van der Waals surface area contributed by atoms with Gasteiger partial charge in [0.15, 0.2) is 5.69 Å². The maximum atomic E-state index is 12.0. The summed E-state index contributed by atoms with van der Waals surface area (Å²) < 4.78 is 0. The predicted molar refractivity (Wildman–Crippen MR) is 74.4 cm³/mol. The smallest absolute Gasteiger partial charge is 0.276 e. The van der Waals surface area contributed by atoms with Gasteiger partial charge in [0, 0.05) is 6.07 Å². The minimum absolute atomic E-state index is 0.263. The molecule has 0 amide bonds. The first-order valence-corrected chi connectivity index (χ1v) is 6.15. The Balaban J connectivity index is 2.30. The van der Waals surface area contributed by atoms with Crippen LogP contribution in [0.1, 0.15) is 11.1 Å². The third kappa shape index (κ3) is 2.02. The van der Waals surface area contributed by atoms with Crippen LogP contribution in [0.2, 0.25) is 5.15 Å². The second-order valence-corrected chi connectivity index (χ2v) is 4.88. The average Bonchev–Trinajstić information content (AvgIpc) is 2.77. The van der Waals surface area contributed by atoms with E-state index in [1.54, 1.807) is 6.07 Å². The highest BCUT2D eigenvalue weighted by Crippen LogP contribution is 2.19. The summed E-state index contributed by atoms with van der Waals surface area (Å²) >= 11 is 5.77. The summed E-state index contributed by atoms with van der Waals surface area (Å²) in [6, 6.07) is 5.44. The quantitative estimate of drug-likeness (QED) is 0.716. The Bertz CT molecular complexity index is 834. The molecule has 19 heavy (non-hydrogen) atoms. The first-order chi connectivity index (χ1) is 9.04. The Morgan fingerprint density at radius 1 is 1.16 bits per heavy atom. The van der Waals surface area contributed by atoms with E-state index in [1.807, 2.05) is 26.0 Å². The molecule has 0 fully saturated rings. The zero-order valence-electron chi connectivity index (χ0n) is 10.4. The maximum absolute atomic E-state index is 12.0. The number of hydrogen-bond donors (Lipinski definition) is 2. The normalized spacial score (nSPS) is 11.1. The Morgan fingerprint density at radius 3 is 2.58 bits per heavy atom. The third-order valence-corrected chi connectivity index (χ3v) is 3.29. The van der Waals surface area contributed by atoms with Crippen molar-refractivity contribution in [3.05, 3.63) is 44.8 Å². The highest BCUT2D eigenvalue weighted by atomic mass is 35.5. The molecule has 1 aromatic carbocycles. The molecule has 3 aromatic rings. The molecule has 0 aliphatic rings. The van der Waals surface area contributed by atoms with E-state index in [-0.39, 0.29) is 11.3 Å². The lowest BCUT2D eigenvalue weighted by molar-refractivity contribution is 1.08. The van der Waals surface area contributed by atoms with Crippen LogP contribution in [0.5, 0.6) is 0 Å². The minimum Gasteiger partial charge on any atom is -0.319 e. The lowest BCUT2D eigenvalue weighted by Crippen LogP contribution is -2.12. The van der Waals surface area contributed by atoms with E-state index in [2.05, 4.69) is 20.2 Å². The van der Waals surface area contributed by atoms with Crippen molar-refractivity contribution in [2.45, 2.75) is 13.8 Å². The lowest BCUT2D eigenvalue weighted by Gasteiger charge is -2.04. The SMILES string of the molecule is Cc1cc2nc(-c3cc(Cl)[nH]n3)c(=O)[nH]c2cc1C. The highest BCUT2D eigenvalue weighted by Gasteiger charge is 2.11. The van der Waals surface area contributed by atoms with Gasteiger partial charge in [0.1, 0.15) is 10.8 Å². The van der Waals surface area contributed by atoms with Crippen LogP contribution in [-0.4, -0.2) is 20.2 Å². The molecule has 6 heteroatoms. The monoisotopic (exact) mass is 274 g/mol. The van der Waals surface area contributed by atoms with Crippen molar-refractivity contribution in [1.82, 2.24) is 20.2 Å². The summed E-state index contributed by atoms with van der Waals surface area (Å²) in [6.07, 6.45) is 0. The van der Waals surface area contributed by atoms with Crippen LogP contribution in [0.4, 0.5) is 0 Å². The van der Waals surface area contributed by atoms with Crippen molar-refractivity contribution in [3.63, 3.8) is 0 Å². The molecular formula is C13H11ClN4O. The van der Waals surface area contributed by atoms with Crippen molar-refractivity contribution in [2.75, 3.05) is 0 Å². The lowest BCUT2D eigenvalue weighted by atomic mass is 10.1. The van der Waals surface area contributed by atoms with Crippen LogP contribution < -0.4 is 5.56 Å². The van der Waals surface area contributed by atoms with E-state index in [1.165, 1.54) is 0 Å². The number of fused-ring (bicyclic) bond motifs is 1. The Labute approximate surface area is 113 Å². The zero-order chi connectivity index (χ0) is 13.6. The molecule has 0 radical (unpaired) electrons. The van der Waals surface area contributed by atoms with Gasteiger partial charge < -0.3 is 4.98 Å². The molecule has 0 aliphatic heterocycles. The van der Waals surface area contributed by atoms with Crippen LogP contribution in [0.25, 0.3) is 22.4 Å². The molecule has 0 aliphatic carbocycles. The summed E-state index contributed by atoms with van der Waals surface area (Å²) in [5.74, 6) is 0. The number of hydrogen-bond acceptors (Lipinski definition) is 3. The van der Waals surface area contributed by atoms with Crippen molar-refractivity contribution < 1.29 is 0 Å². The number of aryl methyl sites for hydroxylation is 2. The molecule has 0 saturated carbocycles. The van der Waals surface area contributed by atoms with Crippen LogP contribution in [0, 0.1) is 13.8 Å². The fourth-order valence-corrected chi connectivity index (χ4v) is 2.09. The van der Waals surface area contributed by atoms with Crippen molar-refractivity contribution >= 4 is 22.6 Å². The van der Waals surface area contributed by atoms with Gasteiger partial charge in [-0.1, -0.05) is 11.6 Å². The third-order valence-electron chi connectivity index (χ3n) is 3.10. The predicted octanol–water partition coefficient (Wildman–Crippen LogP) is 2.58. The standard InChI is InChI=1S/C13H11ClN4O/c1-6-3-8-9(4-7(6)2)16-13(19)12(15-8)10-5-11(14)18-17-10/h3-5H,1-2H3,(H,16,19)(H,17,18). The zero-order valence-corrected chi connectivity index (χ0v) is 11.2. The molecular weight excluding hydrogens is 264 g/mol. The first-order valence-electron chi connectivity index (χ1n) is 5.77. The molecule has 0 spiro atoms. The van der Waals surface area contributed by atoms with Crippen LogP contribution in [0.3, 0.4) is 0 Å². The summed E-state index contributed by atoms with van der Waals surface area (Å²) in [5, 5.41) is 6.91. The molecule has 0 unspecified atom stereocenters. The van der Waals surface area contributed by atoms with Gasteiger partial charge in [-0.15, -0.1) is 0 Å². The van der Waals surface area contributed by atoms with Gasteiger partial charge in [0.25, 0.3) is 5.56 Å². The minimum atomic E-state index is -0.279. The molecule has 2 aromatic heterocycles. The molecule has 96 valence electrons. The molecule has 3 rings (SSSR count). The van der Waals surface area contributed by atoms with Crippen molar-refractivity contribution in [3.8, 4) is 11.4 Å². The van der Waals surface area contributed by atoms with E-state index >= 15 is 0 Å². The number of halogens is 1. The number of benzene rings is 1. The number of H-pyrrole nitrogens is 2. The van der Waals surface area contributed by atoms with E-state index in [4.69, 9.17) is 11.6 Å². The van der Waals surface area contributed by atoms with E-state index in [0.29, 0.717) is 10.8 Å². The second kappa shape index (κ2) is 4.20. The van der Waals surface area contributed by atoms with Gasteiger partial charge in [-0.05, 0) is 37.1 Å². The van der Waals surface area contributed by atoms with Gasteiger partial charge in [-0.2, -0.15) is 5.10 Å². The fraction of sp³-hybridized carbons (Fsp3) is 0.154. The molecule has 2 N–H and O–H groups in total. The van der Waals surface area contributed by atoms with Crippen LogP contribution in [0.15, 0.2) is 23.0 Å². The van der Waals surface area contributed by atoms with Gasteiger partial charge in [0.2, 0.25) is 0 Å². The van der Waals surface area contributed by atoms with Gasteiger partial charge in [0.05, 0.1) is 11.0 Å². The topological polar surface area (TPSA) is 74.4 Å². The van der Waals surface area contributed by atoms with E-state index in [0.717, 1.165) is 22.2 Å². The van der Waals surface area contributed by atoms with Gasteiger partial charge >= 0.3 is 0 Å². The summed E-state index contributed by atoms with van der Waals surface area (Å²) in [7, 11) is 0. The maximum Gasteiger partial charge on any atom is 0.276 e. The Hall–Kier alpha value is -2.14. The van der Waals surface area contributed by atoms with E-state index < -0.39 is 0 Å². The van der Waals surface area contributed by atoms with Crippen LogP contribution >= 0.6 is 11.6 Å². The van der Waals surface area contributed by atoms with Crippen LogP contribution in [-0.2, 0) is 0 Å². The summed E-state index contributed by atoms with van der Waals surface area (Å²) in [4.78, 5) is 19.2. The molecule has 0 bridgehead atoms. The Morgan fingerprint density at radius 2 is 1.89 bits per heavy atom. The number of nitrogens with zero attached hydrogens (tertiary/aromatic N) is 2. The molecule has 2 heterocycles. The summed E-state index contributed by atoms with van der Waals surface area (Å²) in [5.41, 5.74) is 4.11. The number of rotatable bonds is 1. The molecule has 0 saturated heterocycles. The largest absolute Gasteiger partial charge is 0.319 e.